The molecule has 8 heteroatoms. The van der Waals surface area contributed by atoms with Gasteiger partial charge in [-0.15, -0.1) is 0 Å². The third kappa shape index (κ3) is 6.23. The fourth-order valence-electron chi connectivity index (χ4n) is 4.13. The third-order valence-corrected chi connectivity index (χ3v) is 7.24. The summed E-state index contributed by atoms with van der Waals surface area (Å²) in [6, 6.07) is 16.2. The number of nitrogens with one attached hydrogen (secondary N) is 1. The topological polar surface area (TPSA) is 75.7 Å². The van der Waals surface area contributed by atoms with Crippen molar-refractivity contribution in [1.82, 2.24) is 5.32 Å². The summed E-state index contributed by atoms with van der Waals surface area (Å²) in [7, 11) is -2.07. The lowest BCUT2D eigenvalue weighted by molar-refractivity contribution is 0.0939. The fraction of sp³-hybridized carbons (Fsp3) is 0.321. The Morgan fingerprint density at radius 1 is 1.03 bits per heavy atom. The van der Waals surface area contributed by atoms with Crippen LogP contribution in [0, 0.1) is 12.7 Å². The number of aryl methyl sites for hydroxylation is 1. The molecule has 0 bridgehead atoms. The summed E-state index contributed by atoms with van der Waals surface area (Å²) in [5.74, 6) is 0.233. The smallest absolute Gasteiger partial charge is 0.251 e. The van der Waals surface area contributed by atoms with E-state index in [1.807, 2.05) is 19.9 Å². The number of hydrogen-bond donors (Lipinski definition) is 1. The van der Waals surface area contributed by atoms with Gasteiger partial charge in [-0.25, -0.2) is 12.8 Å². The predicted molar refractivity (Wildman–Crippen MR) is 142 cm³/mol. The van der Waals surface area contributed by atoms with Gasteiger partial charge in [-0.2, -0.15) is 0 Å². The van der Waals surface area contributed by atoms with Crippen LogP contribution in [0.15, 0.2) is 60.7 Å². The quantitative estimate of drug-likeness (QED) is 0.398. The molecule has 36 heavy (non-hydrogen) atoms. The van der Waals surface area contributed by atoms with Gasteiger partial charge in [0.05, 0.1) is 31.6 Å². The Morgan fingerprint density at radius 3 is 2.22 bits per heavy atom. The Balaban J connectivity index is 1.77. The molecule has 1 N–H and O–H groups in total. The zero-order chi connectivity index (χ0) is 26.6. The minimum atomic E-state index is -3.73. The van der Waals surface area contributed by atoms with Crippen LogP contribution in [-0.2, 0) is 16.6 Å². The summed E-state index contributed by atoms with van der Waals surface area (Å²) < 4.78 is 45.5. The van der Waals surface area contributed by atoms with Crippen LogP contribution in [-0.4, -0.2) is 27.7 Å². The molecular weight excluding hydrogens is 479 g/mol. The Kier molecular flexibility index (Phi) is 8.40. The lowest BCUT2D eigenvalue weighted by Crippen LogP contribution is -2.30. The van der Waals surface area contributed by atoms with Crippen LogP contribution < -0.4 is 14.4 Å². The number of halogens is 1. The molecule has 0 aliphatic heterocycles. The van der Waals surface area contributed by atoms with E-state index in [1.165, 1.54) is 18.2 Å². The molecule has 6 nitrogen and oxygen atoms in total. The second-order valence-electron chi connectivity index (χ2n) is 9.22. The van der Waals surface area contributed by atoms with Gasteiger partial charge in [0.25, 0.3) is 5.91 Å². The van der Waals surface area contributed by atoms with Gasteiger partial charge in [-0.05, 0) is 78.4 Å². The van der Waals surface area contributed by atoms with Gasteiger partial charge in [0.1, 0.15) is 11.6 Å². The molecule has 0 unspecified atom stereocenters. The van der Waals surface area contributed by atoms with Crippen molar-refractivity contribution in [3.05, 3.63) is 94.3 Å². The molecule has 0 radical (unpaired) electrons. The van der Waals surface area contributed by atoms with Crippen LogP contribution in [0.1, 0.15) is 65.3 Å². The number of benzene rings is 3. The SMILES string of the molecule is COc1cc(C)c([C@@H](C)NC(=O)c2ccc(CN(c3ccccc3F)S(C)(=O)=O)cc2)cc1C(C)C. The molecular formula is C28H33FN2O4S. The van der Waals surface area contributed by atoms with E-state index in [9.17, 15) is 17.6 Å². The number of nitrogens with zero attached hydrogens (tertiary/aromatic N) is 1. The molecule has 0 saturated carbocycles. The molecule has 0 aromatic heterocycles. The number of rotatable bonds is 9. The Labute approximate surface area is 213 Å². The van der Waals surface area contributed by atoms with E-state index in [-0.39, 0.29) is 30.1 Å². The van der Waals surface area contributed by atoms with E-state index in [0.29, 0.717) is 11.1 Å². The third-order valence-electron chi connectivity index (χ3n) is 6.12. The Bertz CT molecular complexity index is 1340. The Hall–Kier alpha value is -3.39. The van der Waals surface area contributed by atoms with Crippen molar-refractivity contribution < 1.29 is 22.3 Å². The second-order valence-corrected chi connectivity index (χ2v) is 11.1. The normalized spacial score (nSPS) is 12.3. The van der Waals surface area contributed by atoms with E-state index in [0.717, 1.165) is 33.0 Å². The van der Waals surface area contributed by atoms with E-state index in [2.05, 4.69) is 25.2 Å². The number of hydrogen-bond acceptors (Lipinski definition) is 4. The highest BCUT2D eigenvalue weighted by atomic mass is 32.2. The molecule has 0 saturated heterocycles. The molecule has 1 amide bonds. The number of sulfonamides is 1. The molecule has 0 fully saturated rings. The first kappa shape index (κ1) is 27.2. The molecule has 3 aromatic carbocycles. The fourth-order valence-corrected chi connectivity index (χ4v) is 5.02. The first-order chi connectivity index (χ1) is 16.9. The monoisotopic (exact) mass is 512 g/mol. The standard InChI is InChI=1S/C28H33FN2O4S/c1-18(2)23-16-24(19(3)15-27(23)35-5)20(4)30-28(32)22-13-11-21(12-14-22)17-31(36(6,33)34)26-10-8-7-9-25(26)29/h7-16,18,20H,17H2,1-6H3,(H,30,32)/t20-/m1/s1. The lowest BCUT2D eigenvalue weighted by Gasteiger charge is -2.23. The zero-order valence-electron chi connectivity index (χ0n) is 21.5. The molecule has 192 valence electrons. The van der Waals surface area contributed by atoms with Gasteiger partial charge >= 0.3 is 0 Å². The predicted octanol–water partition coefficient (Wildman–Crippen LogP) is 5.72. The van der Waals surface area contributed by atoms with Crippen LogP contribution in [0.5, 0.6) is 5.75 Å². The van der Waals surface area contributed by atoms with Gasteiger partial charge < -0.3 is 10.1 Å². The summed E-state index contributed by atoms with van der Waals surface area (Å²) in [6.07, 6.45) is 1.04. The van der Waals surface area contributed by atoms with Crippen LogP contribution >= 0.6 is 0 Å². The van der Waals surface area contributed by atoms with Crippen molar-refractivity contribution in [2.24, 2.45) is 0 Å². The number of amides is 1. The molecule has 0 spiro atoms. The van der Waals surface area contributed by atoms with Crippen LogP contribution in [0.2, 0.25) is 0 Å². The lowest BCUT2D eigenvalue weighted by atomic mass is 9.93. The van der Waals surface area contributed by atoms with Gasteiger partial charge in [0.15, 0.2) is 0 Å². The highest BCUT2D eigenvalue weighted by Crippen LogP contribution is 2.32. The molecule has 3 aromatic rings. The molecule has 0 aliphatic carbocycles. The maximum absolute atomic E-state index is 14.3. The summed E-state index contributed by atoms with van der Waals surface area (Å²) in [6.45, 7) is 8.06. The minimum absolute atomic E-state index is 0.0220. The number of carbonyl (C=O) groups excluding carboxylic acids is 1. The maximum atomic E-state index is 14.3. The van der Waals surface area contributed by atoms with Crippen LogP contribution in [0.25, 0.3) is 0 Å². The van der Waals surface area contributed by atoms with Crippen molar-refractivity contribution in [1.29, 1.82) is 0 Å². The average molecular weight is 513 g/mol. The van der Waals surface area contributed by atoms with E-state index >= 15 is 0 Å². The summed E-state index contributed by atoms with van der Waals surface area (Å²) >= 11 is 0. The first-order valence-corrected chi connectivity index (χ1v) is 13.6. The first-order valence-electron chi connectivity index (χ1n) is 11.7. The largest absolute Gasteiger partial charge is 0.496 e. The van der Waals surface area contributed by atoms with Gasteiger partial charge in [0, 0.05) is 5.56 Å². The molecule has 0 aliphatic rings. The number of para-hydroxylation sites is 1. The van der Waals surface area contributed by atoms with Gasteiger partial charge in [0.2, 0.25) is 10.0 Å². The highest BCUT2D eigenvalue weighted by molar-refractivity contribution is 7.92. The molecule has 3 rings (SSSR count). The number of ether oxygens (including phenoxy) is 1. The van der Waals surface area contributed by atoms with E-state index in [4.69, 9.17) is 4.74 Å². The van der Waals surface area contributed by atoms with Gasteiger partial charge in [-0.1, -0.05) is 38.1 Å². The summed E-state index contributed by atoms with van der Waals surface area (Å²) in [4.78, 5) is 12.9. The van der Waals surface area contributed by atoms with Crippen molar-refractivity contribution in [2.75, 3.05) is 17.7 Å². The van der Waals surface area contributed by atoms with Crippen molar-refractivity contribution in [3.63, 3.8) is 0 Å². The van der Waals surface area contributed by atoms with E-state index < -0.39 is 15.8 Å². The van der Waals surface area contributed by atoms with Crippen molar-refractivity contribution in [3.8, 4) is 5.75 Å². The van der Waals surface area contributed by atoms with Crippen molar-refractivity contribution in [2.45, 2.75) is 46.2 Å². The van der Waals surface area contributed by atoms with Crippen molar-refractivity contribution >= 4 is 21.6 Å². The maximum Gasteiger partial charge on any atom is 0.251 e. The number of carbonyl (C=O) groups is 1. The summed E-state index contributed by atoms with van der Waals surface area (Å²) in [5, 5.41) is 3.04. The average Bonchev–Trinajstić information content (AvgIpc) is 2.82. The minimum Gasteiger partial charge on any atom is -0.496 e. The second kappa shape index (κ2) is 11.1. The summed E-state index contributed by atoms with van der Waals surface area (Å²) in [5.41, 5.74) is 4.16. The van der Waals surface area contributed by atoms with Gasteiger partial charge in [-0.3, -0.25) is 9.10 Å². The van der Waals surface area contributed by atoms with E-state index in [1.54, 1.807) is 37.4 Å². The molecule has 1 atom stereocenters. The van der Waals surface area contributed by atoms with Crippen LogP contribution in [0.4, 0.5) is 10.1 Å². The molecule has 0 heterocycles. The number of anilines is 1. The zero-order valence-corrected chi connectivity index (χ0v) is 22.3. The Morgan fingerprint density at radius 2 is 1.67 bits per heavy atom. The number of methoxy groups -OCH3 is 1. The van der Waals surface area contributed by atoms with Crippen LogP contribution in [0.3, 0.4) is 0 Å². The highest BCUT2D eigenvalue weighted by Gasteiger charge is 2.22.